The standard InChI is InChI=1S/C67H63N3O9/c1-65(2,3)52-32-46-28-44-38-56(69-68-55-26-19-27-57(40-55)70(75)76)39-45(58(44)71)29-47-33-53(66(4,5)6)35-49(60(47)78-63(73)42-22-15-11-16-23-42)31-51-37-54(67(7,8)9)36-50(61(51)79-64(74)43-24-17-12-18-25-43)30-48(34-52)59(46)77-62(72)41-20-13-10-14-21-41/h10-27,32-40,71H,28-31H2,1-9H3. The van der Waals surface area contributed by atoms with Crippen LogP contribution in [0.1, 0.15) is 155 Å². The highest BCUT2D eigenvalue weighted by molar-refractivity contribution is 5.93. The number of nitro benzene ring substituents is 1. The molecule has 400 valence electrons. The first-order valence-corrected chi connectivity index (χ1v) is 26.3. The highest BCUT2D eigenvalue weighted by Gasteiger charge is 2.30. The lowest BCUT2D eigenvalue weighted by Crippen LogP contribution is -2.19. The van der Waals surface area contributed by atoms with E-state index < -0.39 is 39.1 Å². The molecule has 0 unspecified atom stereocenters. The fourth-order valence-corrected chi connectivity index (χ4v) is 9.59. The zero-order valence-corrected chi connectivity index (χ0v) is 46.0. The van der Waals surface area contributed by atoms with Gasteiger partial charge in [-0.3, -0.25) is 10.1 Å². The molecule has 0 fully saturated rings. The van der Waals surface area contributed by atoms with Crippen molar-refractivity contribution in [3.05, 3.63) is 252 Å². The van der Waals surface area contributed by atoms with Crippen LogP contribution >= 0.6 is 0 Å². The van der Waals surface area contributed by atoms with Gasteiger partial charge in [0.2, 0.25) is 0 Å². The van der Waals surface area contributed by atoms with Crippen molar-refractivity contribution in [2.24, 2.45) is 10.2 Å². The Bertz CT molecular complexity index is 3510. The molecule has 0 aromatic heterocycles. The maximum atomic E-state index is 14.6. The molecule has 8 aromatic carbocycles. The molecule has 8 aromatic rings. The topological polar surface area (TPSA) is 167 Å². The number of non-ortho nitro benzene ring substituents is 1. The van der Waals surface area contributed by atoms with Gasteiger partial charge in [-0.15, -0.1) is 0 Å². The third kappa shape index (κ3) is 12.7. The summed E-state index contributed by atoms with van der Waals surface area (Å²) in [4.78, 5) is 54.7. The molecule has 0 spiro atoms. The molecule has 0 amide bonds. The van der Waals surface area contributed by atoms with E-state index >= 15 is 0 Å². The van der Waals surface area contributed by atoms with E-state index in [1.54, 1.807) is 91.0 Å². The van der Waals surface area contributed by atoms with Crippen LogP contribution in [0, 0.1) is 10.1 Å². The predicted molar refractivity (Wildman–Crippen MR) is 306 cm³/mol. The number of rotatable bonds is 9. The monoisotopic (exact) mass is 1050 g/mol. The highest BCUT2D eigenvalue weighted by Crippen LogP contribution is 2.45. The summed E-state index contributed by atoms with van der Waals surface area (Å²) in [6, 6.07) is 47.6. The number of ether oxygens (including phenoxy) is 3. The number of nitro groups is 1. The Hall–Kier alpha value is -9.03. The number of esters is 3. The number of phenolic OH excluding ortho intramolecular Hbond substituents is 1. The van der Waals surface area contributed by atoms with E-state index in [0.717, 1.165) is 16.7 Å². The van der Waals surface area contributed by atoms with E-state index in [1.807, 2.05) is 54.6 Å². The van der Waals surface area contributed by atoms with Gasteiger partial charge in [0.1, 0.15) is 23.0 Å². The number of nitrogens with zero attached hydrogens (tertiary/aromatic N) is 3. The Balaban J connectivity index is 1.38. The van der Waals surface area contributed by atoms with Crippen molar-refractivity contribution in [1.82, 2.24) is 0 Å². The van der Waals surface area contributed by atoms with Gasteiger partial charge >= 0.3 is 17.9 Å². The van der Waals surface area contributed by atoms with Gasteiger partial charge in [0.05, 0.1) is 33.0 Å². The molecule has 0 heterocycles. The fourth-order valence-electron chi connectivity index (χ4n) is 9.59. The summed E-state index contributed by atoms with van der Waals surface area (Å²) in [7, 11) is 0. The lowest BCUT2D eigenvalue weighted by Gasteiger charge is -2.28. The molecule has 0 radical (unpaired) electrons. The summed E-state index contributed by atoms with van der Waals surface area (Å²) < 4.78 is 19.9. The van der Waals surface area contributed by atoms with Crippen LogP contribution in [-0.2, 0) is 41.9 Å². The van der Waals surface area contributed by atoms with E-state index in [0.29, 0.717) is 72.6 Å². The largest absolute Gasteiger partial charge is 0.507 e. The lowest BCUT2D eigenvalue weighted by molar-refractivity contribution is -0.384. The molecule has 0 saturated heterocycles. The maximum Gasteiger partial charge on any atom is 0.343 e. The SMILES string of the molecule is CC(C)(C)c1cc2c(OC(=O)c3ccccc3)c(c1)Cc1cc(C(C)(C)C)cc(c1OC(=O)c1ccccc1)Cc1cc(C(C)(C)C)cc(c1OC(=O)c1ccccc1)Cc1cc(N=Nc3cccc([N+](=O)[O-])c3)cc(c1O)C2. The number of aromatic hydroxyl groups is 1. The quantitative estimate of drug-likeness (QED) is 0.0486. The van der Waals surface area contributed by atoms with Crippen LogP contribution in [0.15, 0.2) is 174 Å². The van der Waals surface area contributed by atoms with Crippen molar-refractivity contribution in [2.75, 3.05) is 0 Å². The molecule has 12 heteroatoms. The Morgan fingerprint density at radius 2 is 0.722 bits per heavy atom. The molecular weight excluding hydrogens is 991 g/mol. The summed E-state index contributed by atoms with van der Waals surface area (Å²) in [6.45, 7) is 18.9. The van der Waals surface area contributed by atoms with Crippen molar-refractivity contribution >= 4 is 35.0 Å². The van der Waals surface area contributed by atoms with Crippen molar-refractivity contribution in [1.29, 1.82) is 0 Å². The first kappa shape index (κ1) is 54.7. The van der Waals surface area contributed by atoms with E-state index in [1.165, 1.54) is 18.2 Å². The summed E-state index contributed by atoms with van der Waals surface area (Å²) in [5.74, 6) is -1.03. The molecular formula is C67H63N3O9. The smallest absolute Gasteiger partial charge is 0.343 e. The van der Waals surface area contributed by atoms with Crippen LogP contribution in [0.4, 0.5) is 17.1 Å². The number of benzene rings is 8. The molecule has 8 bridgehead atoms. The number of phenols is 1. The second-order valence-electron chi connectivity index (χ2n) is 23.2. The number of carbonyl (C=O) groups is 3. The van der Waals surface area contributed by atoms with Crippen LogP contribution in [0.5, 0.6) is 23.0 Å². The summed E-state index contributed by atoms with van der Waals surface area (Å²) in [5, 5.41) is 33.6. The van der Waals surface area contributed by atoms with Crippen molar-refractivity contribution in [3.63, 3.8) is 0 Å². The Morgan fingerprint density at radius 3 is 1.03 bits per heavy atom. The molecule has 0 atom stereocenters. The molecule has 1 aliphatic rings. The Labute approximate surface area is 460 Å². The van der Waals surface area contributed by atoms with Crippen molar-refractivity contribution < 1.29 is 38.6 Å². The van der Waals surface area contributed by atoms with E-state index in [2.05, 4.69) is 72.5 Å². The number of hydrogen-bond acceptors (Lipinski definition) is 11. The lowest BCUT2D eigenvalue weighted by atomic mass is 9.80. The first-order valence-electron chi connectivity index (χ1n) is 26.3. The zero-order valence-electron chi connectivity index (χ0n) is 46.0. The average molecular weight is 1050 g/mol. The summed E-state index contributed by atoms with van der Waals surface area (Å²) >= 11 is 0. The number of fused-ring (bicyclic) bond motifs is 8. The molecule has 1 N–H and O–H groups in total. The molecule has 79 heavy (non-hydrogen) atoms. The predicted octanol–water partition coefficient (Wildman–Crippen LogP) is 15.9. The molecule has 0 saturated carbocycles. The van der Waals surface area contributed by atoms with Crippen LogP contribution < -0.4 is 14.2 Å². The zero-order chi connectivity index (χ0) is 56.4. The normalized spacial score (nSPS) is 12.7. The van der Waals surface area contributed by atoms with E-state index in [9.17, 15) is 29.6 Å². The van der Waals surface area contributed by atoms with Gasteiger partial charge in [-0.05, 0) is 87.5 Å². The van der Waals surface area contributed by atoms with E-state index in [-0.39, 0.29) is 54.3 Å². The van der Waals surface area contributed by atoms with Crippen molar-refractivity contribution in [2.45, 2.75) is 104 Å². The minimum atomic E-state index is -0.601. The average Bonchev–Trinajstić information content (AvgIpc) is 3.62. The first-order chi connectivity index (χ1) is 37.5. The second kappa shape index (κ2) is 22.1. The van der Waals surface area contributed by atoms with Crippen LogP contribution in [0.2, 0.25) is 0 Å². The van der Waals surface area contributed by atoms with Gasteiger partial charge in [-0.2, -0.15) is 10.2 Å². The van der Waals surface area contributed by atoms with Crippen LogP contribution in [-0.4, -0.2) is 27.9 Å². The fraction of sp³-hybridized carbons (Fsp3) is 0.239. The van der Waals surface area contributed by atoms with Gasteiger partial charge in [0, 0.05) is 82.3 Å². The molecule has 0 aliphatic heterocycles. The van der Waals surface area contributed by atoms with Gasteiger partial charge < -0.3 is 19.3 Å². The van der Waals surface area contributed by atoms with Crippen LogP contribution in [0.25, 0.3) is 0 Å². The number of hydrogen-bond donors (Lipinski definition) is 1. The highest BCUT2D eigenvalue weighted by atomic mass is 16.6. The number of carbonyl (C=O) groups excluding carboxylic acids is 3. The Kier molecular flexibility index (Phi) is 15.3. The van der Waals surface area contributed by atoms with Gasteiger partial charge in [-0.1, -0.05) is 159 Å². The maximum absolute atomic E-state index is 14.6. The Morgan fingerprint density at radius 1 is 0.418 bits per heavy atom. The van der Waals surface area contributed by atoms with Crippen LogP contribution in [0.3, 0.4) is 0 Å². The summed E-state index contributed by atoms with van der Waals surface area (Å²) in [5.41, 5.74) is 7.24. The van der Waals surface area contributed by atoms with Gasteiger partial charge in [0.25, 0.3) is 5.69 Å². The van der Waals surface area contributed by atoms with Gasteiger partial charge in [0.15, 0.2) is 0 Å². The minimum absolute atomic E-state index is 0.0135. The second-order valence-corrected chi connectivity index (χ2v) is 23.2. The molecule has 9 rings (SSSR count). The minimum Gasteiger partial charge on any atom is -0.507 e. The van der Waals surface area contributed by atoms with E-state index in [4.69, 9.17) is 14.2 Å². The summed E-state index contributed by atoms with van der Waals surface area (Å²) in [6.07, 6.45) is 0.250. The van der Waals surface area contributed by atoms with Gasteiger partial charge in [-0.25, -0.2) is 14.4 Å². The number of azo groups is 1. The third-order valence-corrected chi connectivity index (χ3v) is 14.0. The molecule has 12 nitrogen and oxygen atoms in total. The van der Waals surface area contributed by atoms with Crippen molar-refractivity contribution in [3.8, 4) is 23.0 Å². The molecule has 1 aliphatic carbocycles. The third-order valence-electron chi connectivity index (χ3n) is 14.0.